The van der Waals surface area contributed by atoms with E-state index in [1.807, 2.05) is 61.9 Å². The summed E-state index contributed by atoms with van der Waals surface area (Å²) in [5.74, 6) is -0.210. The monoisotopic (exact) mass is 371 g/mol. The van der Waals surface area contributed by atoms with E-state index < -0.39 is 0 Å². The van der Waals surface area contributed by atoms with Crippen LogP contribution in [0.3, 0.4) is 0 Å². The van der Waals surface area contributed by atoms with Crippen LogP contribution in [0.1, 0.15) is 35.8 Å². The van der Waals surface area contributed by atoms with Crippen molar-refractivity contribution < 1.29 is 4.79 Å². The highest BCUT2D eigenvalue weighted by molar-refractivity contribution is 6.12. The molecule has 0 radical (unpaired) electrons. The summed E-state index contributed by atoms with van der Waals surface area (Å²) >= 11 is 0. The normalized spacial score (nSPS) is 11.1. The molecular weight excluding hydrogens is 350 g/mol. The molecule has 0 aliphatic carbocycles. The first kappa shape index (κ1) is 17.9. The molecule has 0 spiro atoms. The van der Waals surface area contributed by atoms with Crippen LogP contribution in [0.5, 0.6) is 0 Å². The second-order valence-electron chi connectivity index (χ2n) is 6.99. The third-order valence-corrected chi connectivity index (χ3v) is 4.64. The van der Waals surface area contributed by atoms with Crippen LogP contribution in [0.4, 0.5) is 5.69 Å². The van der Waals surface area contributed by atoms with Gasteiger partial charge in [-0.3, -0.25) is 9.78 Å². The molecule has 3 aromatic heterocycles. The Kier molecular flexibility index (Phi) is 4.61. The maximum Gasteiger partial charge on any atom is 0.256 e. The number of rotatable bonds is 4. The topological polar surface area (TPSA) is 72.7 Å². The highest BCUT2D eigenvalue weighted by Crippen LogP contribution is 2.28. The van der Waals surface area contributed by atoms with Crippen LogP contribution in [-0.4, -0.2) is 25.7 Å². The van der Waals surface area contributed by atoms with Gasteiger partial charge in [-0.15, -0.1) is 0 Å². The Labute approximate surface area is 163 Å². The Morgan fingerprint density at radius 3 is 2.64 bits per heavy atom. The van der Waals surface area contributed by atoms with Crippen LogP contribution in [0, 0.1) is 6.92 Å². The fourth-order valence-corrected chi connectivity index (χ4v) is 3.22. The van der Waals surface area contributed by atoms with Crippen LogP contribution in [0.15, 0.2) is 61.1 Å². The number of amides is 1. The molecule has 140 valence electrons. The summed E-state index contributed by atoms with van der Waals surface area (Å²) in [7, 11) is 0. The van der Waals surface area contributed by atoms with Gasteiger partial charge in [0.2, 0.25) is 0 Å². The van der Waals surface area contributed by atoms with E-state index in [-0.39, 0.29) is 11.9 Å². The van der Waals surface area contributed by atoms with Crippen molar-refractivity contribution in [3.8, 4) is 11.3 Å². The molecule has 0 saturated heterocycles. The van der Waals surface area contributed by atoms with Crippen molar-refractivity contribution in [3.05, 3.63) is 72.2 Å². The van der Waals surface area contributed by atoms with Crippen molar-refractivity contribution in [2.24, 2.45) is 0 Å². The highest BCUT2D eigenvalue weighted by atomic mass is 16.1. The average molecular weight is 371 g/mol. The second-order valence-corrected chi connectivity index (χ2v) is 6.99. The first-order chi connectivity index (χ1) is 13.5. The summed E-state index contributed by atoms with van der Waals surface area (Å²) in [5.41, 5.74) is 4.74. The fraction of sp³-hybridized carbons (Fsp3) is 0.182. The van der Waals surface area contributed by atoms with Crippen LogP contribution < -0.4 is 5.32 Å². The van der Waals surface area contributed by atoms with Crippen molar-refractivity contribution in [3.63, 3.8) is 0 Å². The van der Waals surface area contributed by atoms with E-state index in [1.165, 1.54) is 0 Å². The Balaban J connectivity index is 1.89. The Morgan fingerprint density at radius 2 is 1.93 bits per heavy atom. The second kappa shape index (κ2) is 7.23. The Hall–Kier alpha value is -3.54. The standard InChI is InChI=1S/C22H21N5O/c1-14(2)27-21-19(13-24-27)18(22(28)25-16-8-6-10-23-12-16)11-20(26-21)17-9-5-4-7-15(17)3/h4-14H,1-3H3,(H,25,28). The van der Waals surface area contributed by atoms with Gasteiger partial charge in [-0.2, -0.15) is 5.10 Å². The number of anilines is 1. The lowest BCUT2D eigenvalue weighted by molar-refractivity contribution is 0.102. The van der Waals surface area contributed by atoms with Crippen molar-refractivity contribution >= 4 is 22.6 Å². The van der Waals surface area contributed by atoms with E-state index in [9.17, 15) is 4.79 Å². The number of aromatic nitrogens is 4. The van der Waals surface area contributed by atoms with E-state index >= 15 is 0 Å². The minimum absolute atomic E-state index is 0.131. The molecule has 28 heavy (non-hydrogen) atoms. The number of fused-ring (bicyclic) bond motifs is 1. The predicted octanol–water partition coefficient (Wildman–Crippen LogP) is 4.63. The van der Waals surface area contributed by atoms with E-state index in [0.29, 0.717) is 16.9 Å². The van der Waals surface area contributed by atoms with Gasteiger partial charge in [0.15, 0.2) is 5.65 Å². The number of hydrogen-bond donors (Lipinski definition) is 1. The molecule has 6 heteroatoms. The van der Waals surface area contributed by atoms with Gasteiger partial charge in [0.1, 0.15) is 0 Å². The zero-order valence-electron chi connectivity index (χ0n) is 16.0. The summed E-state index contributed by atoms with van der Waals surface area (Å²) < 4.78 is 1.85. The number of pyridine rings is 2. The summed E-state index contributed by atoms with van der Waals surface area (Å²) in [6, 6.07) is 13.6. The molecule has 1 amide bonds. The number of carbonyl (C=O) groups excluding carboxylic acids is 1. The van der Waals surface area contributed by atoms with E-state index in [2.05, 4.69) is 15.4 Å². The lowest BCUT2D eigenvalue weighted by Crippen LogP contribution is -2.13. The van der Waals surface area contributed by atoms with Gasteiger partial charge in [-0.1, -0.05) is 24.3 Å². The number of benzene rings is 1. The smallest absolute Gasteiger partial charge is 0.256 e. The van der Waals surface area contributed by atoms with Crippen LogP contribution in [0.2, 0.25) is 0 Å². The molecular formula is C22H21N5O. The molecule has 0 fully saturated rings. The average Bonchev–Trinajstić information content (AvgIpc) is 3.12. The van der Waals surface area contributed by atoms with Gasteiger partial charge < -0.3 is 5.32 Å². The highest BCUT2D eigenvalue weighted by Gasteiger charge is 2.19. The minimum Gasteiger partial charge on any atom is -0.321 e. The molecule has 0 aliphatic rings. The molecule has 0 saturated carbocycles. The van der Waals surface area contributed by atoms with Crippen molar-refractivity contribution in [1.82, 2.24) is 19.7 Å². The molecule has 1 aromatic carbocycles. The van der Waals surface area contributed by atoms with Gasteiger partial charge in [-0.05, 0) is 44.5 Å². The molecule has 1 N–H and O–H groups in total. The fourth-order valence-electron chi connectivity index (χ4n) is 3.22. The number of carbonyl (C=O) groups is 1. The van der Waals surface area contributed by atoms with Gasteiger partial charge in [0.05, 0.1) is 34.7 Å². The molecule has 6 nitrogen and oxygen atoms in total. The van der Waals surface area contributed by atoms with E-state index in [1.54, 1.807) is 24.7 Å². The lowest BCUT2D eigenvalue weighted by Gasteiger charge is -2.12. The molecule has 0 atom stereocenters. The third kappa shape index (κ3) is 3.24. The van der Waals surface area contributed by atoms with Crippen molar-refractivity contribution in [2.75, 3.05) is 5.32 Å². The third-order valence-electron chi connectivity index (χ3n) is 4.64. The largest absolute Gasteiger partial charge is 0.321 e. The molecule has 0 unspecified atom stereocenters. The molecule has 0 bridgehead atoms. The summed E-state index contributed by atoms with van der Waals surface area (Å²) in [6.07, 6.45) is 5.00. The number of hydrogen-bond acceptors (Lipinski definition) is 4. The van der Waals surface area contributed by atoms with Gasteiger partial charge >= 0.3 is 0 Å². The molecule has 3 heterocycles. The number of nitrogens with one attached hydrogen (secondary N) is 1. The maximum absolute atomic E-state index is 13.1. The number of nitrogens with zero attached hydrogens (tertiary/aromatic N) is 4. The Bertz CT molecular complexity index is 1150. The van der Waals surface area contributed by atoms with Crippen LogP contribution in [0.25, 0.3) is 22.3 Å². The van der Waals surface area contributed by atoms with Gasteiger partial charge in [-0.25, -0.2) is 9.67 Å². The van der Waals surface area contributed by atoms with Crippen LogP contribution in [-0.2, 0) is 0 Å². The zero-order chi connectivity index (χ0) is 19.7. The SMILES string of the molecule is Cc1ccccc1-c1cc(C(=O)Nc2cccnc2)c2cnn(C(C)C)c2n1. The summed E-state index contributed by atoms with van der Waals surface area (Å²) in [5, 5.41) is 8.11. The van der Waals surface area contributed by atoms with E-state index in [4.69, 9.17) is 4.98 Å². The maximum atomic E-state index is 13.1. The van der Waals surface area contributed by atoms with Gasteiger partial charge in [0, 0.05) is 17.8 Å². The van der Waals surface area contributed by atoms with Crippen molar-refractivity contribution in [1.29, 1.82) is 0 Å². The minimum atomic E-state index is -0.210. The first-order valence-electron chi connectivity index (χ1n) is 9.20. The predicted molar refractivity (Wildman–Crippen MR) is 110 cm³/mol. The summed E-state index contributed by atoms with van der Waals surface area (Å²) in [6.45, 7) is 6.13. The first-order valence-corrected chi connectivity index (χ1v) is 9.20. The zero-order valence-corrected chi connectivity index (χ0v) is 16.0. The van der Waals surface area contributed by atoms with Crippen molar-refractivity contribution in [2.45, 2.75) is 26.8 Å². The quantitative estimate of drug-likeness (QED) is 0.567. The molecule has 4 aromatic rings. The lowest BCUT2D eigenvalue weighted by atomic mass is 10.0. The molecule has 4 rings (SSSR count). The van der Waals surface area contributed by atoms with Crippen LogP contribution >= 0.6 is 0 Å². The summed E-state index contributed by atoms with van der Waals surface area (Å²) in [4.78, 5) is 22.0. The van der Waals surface area contributed by atoms with E-state index in [0.717, 1.165) is 22.2 Å². The number of aryl methyl sites for hydroxylation is 1. The van der Waals surface area contributed by atoms with Gasteiger partial charge in [0.25, 0.3) is 5.91 Å². The molecule has 0 aliphatic heterocycles. The Morgan fingerprint density at radius 1 is 1.11 bits per heavy atom.